The van der Waals surface area contributed by atoms with Crippen LogP contribution in [0.2, 0.25) is 0 Å². The molecule has 90 valence electrons. The van der Waals surface area contributed by atoms with Crippen molar-refractivity contribution < 1.29 is 4.39 Å². The van der Waals surface area contributed by atoms with Crippen molar-refractivity contribution in [3.8, 4) is 0 Å². The molecule has 0 radical (unpaired) electrons. The van der Waals surface area contributed by atoms with Gasteiger partial charge in [-0.2, -0.15) is 0 Å². The van der Waals surface area contributed by atoms with Crippen molar-refractivity contribution in [2.24, 2.45) is 0 Å². The Morgan fingerprint density at radius 2 is 2.00 bits per heavy atom. The van der Waals surface area contributed by atoms with E-state index >= 15 is 0 Å². The minimum Gasteiger partial charge on any atom is -0.287 e. The topological polar surface area (TPSA) is 30.2 Å². The van der Waals surface area contributed by atoms with Gasteiger partial charge in [-0.25, -0.2) is 14.4 Å². The summed E-state index contributed by atoms with van der Waals surface area (Å²) in [6, 6.07) is 8.30. The Bertz CT molecular complexity index is 691. The number of fused-ring (bicyclic) bond motifs is 1. The van der Waals surface area contributed by atoms with Gasteiger partial charge in [0.2, 0.25) is 0 Å². The van der Waals surface area contributed by atoms with E-state index in [0.29, 0.717) is 6.42 Å². The highest BCUT2D eigenvalue weighted by atomic mass is 79.9. The summed E-state index contributed by atoms with van der Waals surface area (Å²) in [4.78, 5) is 8.68. The predicted octanol–water partition coefficient (Wildman–Crippen LogP) is 3.22. The maximum absolute atomic E-state index is 12.8. The molecule has 0 atom stereocenters. The molecule has 0 unspecified atom stereocenters. The minimum atomic E-state index is -0.227. The van der Waals surface area contributed by atoms with E-state index in [1.807, 2.05) is 16.7 Å². The summed E-state index contributed by atoms with van der Waals surface area (Å²) in [7, 11) is 0. The zero-order valence-electron chi connectivity index (χ0n) is 9.35. The lowest BCUT2D eigenvalue weighted by molar-refractivity contribution is 0.627. The monoisotopic (exact) mass is 305 g/mol. The van der Waals surface area contributed by atoms with Crippen LogP contribution >= 0.6 is 15.9 Å². The minimum absolute atomic E-state index is 0.227. The van der Waals surface area contributed by atoms with Crippen molar-refractivity contribution in [3.63, 3.8) is 0 Å². The largest absolute Gasteiger partial charge is 0.287 e. The zero-order valence-corrected chi connectivity index (χ0v) is 10.9. The van der Waals surface area contributed by atoms with Crippen LogP contribution in [0, 0.1) is 5.82 Å². The average Bonchev–Trinajstić information content (AvgIpc) is 2.70. The summed E-state index contributed by atoms with van der Waals surface area (Å²) in [5, 5.41) is 0. The lowest BCUT2D eigenvalue weighted by Crippen LogP contribution is -1.96. The van der Waals surface area contributed by atoms with Crippen LogP contribution in [0.5, 0.6) is 0 Å². The average molecular weight is 306 g/mol. The van der Waals surface area contributed by atoms with Crippen LogP contribution < -0.4 is 0 Å². The zero-order chi connectivity index (χ0) is 12.5. The summed E-state index contributed by atoms with van der Waals surface area (Å²) >= 11 is 3.39. The maximum atomic E-state index is 12.8. The van der Waals surface area contributed by atoms with Crippen molar-refractivity contribution in [2.45, 2.75) is 6.42 Å². The van der Waals surface area contributed by atoms with Crippen LogP contribution in [-0.2, 0) is 6.42 Å². The molecule has 3 rings (SSSR count). The molecular weight excluding hydrogens is 297 g/mol. The Hall–Kier alpha value is -1.75. The van der Waals surface area contributed by atoms with Crippen molar-refractivity contribution in [2.75, 3.05) is 0 Å². The molecule has 0 amide bonds. The second kappa shape index (κ2) is 4.49. The highest BCUT2D eigenvalue weighted by Crippen LogP contribution is 2.18. The third-order valence-electron chi connectivity index (χ3n) is 2.71. The molecule has 5 heteroatoms. The third-order valence-corrected chi connectivity index (χ3v) is 3.24. The first-order chi connectivity index (χ1) is 8.74. The van der Waals surface area contributed by atoms with Gasteiger partial charge in [0.15, 0.2) is 10.3 Å². The van der Waals surface area contributed by atoms with E-state index in [1.54, 1.807) is 18.3 Å². The van der Waals surface area contributed by atoms with E-state index in [4.69, 9.17) is 0 Å². The number of hydrogen-bond acceptors (Lipinski definition) is 2. The van der Waals surface area contributed by atoms with Crippen LogP contribution in [0.25, 0.3) is 5.65 Å². The number of imidazole rings is 1. The van der Waals surface area contributed by atoms with Gasteiger partial charge < -0.3 is 0 Å². The molecule has 0 saturated heterocycles. The molecular formula is C13H9BrFN3. The number of nitrogens with zero attached hydrogens (tertiary/aromatic N) is 3. The standard InChI is InChI=1S/C13H9BrFN3/c14-12-13-16-6-1-7-18(13)11(17-12)8-9-2-4-10(15)5-3-9/h1-7H,8H2. The van der Waals surface area contributed by atoms with E-state index in [-0.39, 0.29) is 5.82 Å². The van der Waals surface area contributed by atoms with Gasteiger partial charge >= 0.3 is 0 Å². The molecule has 0 spiro atoms. The van der Waals surface area contributed by atoms with Crippen molar-refractivity contribution in [1.82, 2.24) is 14.4 Å². The van der Waals surface area contributed by atoms with Gasteiger partial charge in [0.25, 0.3) is 0 Å². The van der Waals surface area contributed by atoms with E-state index in [0.717, 1.165) is 21.6 Å². The summed E-state index contributed by atoms with van der Waals surface area (Å²) in [5.74, 6) is 0.645. The maximum Gasteiger partial charge on any atom is 0.171 e. The molecule has 0 aliphatic heterocycles. The van der Waals surface area contributed by atoms with Crippen LogP contribution in [0.15, 0.2) is 47.3 Å². The Morgan fingerprint density at radius 1 is 1.22 bits per heavy atom. The van der Waals surface area contributed by atoms with Gasteiger partial charge in [-0.1, -0.05) is 12.1 Å². The molecule has 2 aromatic heterocycles. The van der Waals surface area contributed by atoms with Crippen molar-refractivity contribution >= 4 is 21.6 Å². The number of hydrogen-bond donors (Lipinski definition) is 0. The number of benzene rings is 1. The first-order valence-electron chi connectivity index (χ1n) is 5.46. The third kappa shape index (κ3) is 2.01. The molecule has 0 aliphatic carbocycles. The SMILES string of the molecule is Fc1ccc(Cc2nc(Br)c3ncccn23)cc1. The van der Waals surface area contributed by atoms with E-state index in [9.17, 15) is 4.39 Å². The van der Waals surface area contributed by atoms with Gasteiger partial charge in [-0.3, -0.25) is 4.40 Å². The highest BCUT2D eigenvalue weighted by Gasteiger charge is 2.09. The summed E-state index contributed by atoms with van der Waals surface area (Å²) < 4.78 is 15.5. The first kappa shape index (κ1) is 11.3. The van der Waals surface area contributed by atoms with Crippen LogP contribution in [0.4, 0.5) is 4.39 Å². The molecule has 3 aromatic rings. The van der Waals surface area contributed by atoms with Crippen LogP contribution in [-0.4, -0.2) is 14.4 Å². The normalized spacial score (nSPS) is 11.0. The van der Waals surface area contributed by atoms with E-state index in [1.165, 1.54) is 12.1 Å². The number of halogens is 2. The second-order valence-electron chi connectivity index (χ2n) is 3.94. The van der Waals surface area contributed by atoms with Crippen molar-refractivity contribution in [1.29, 1.82) is 0 Å². The predicted molar refractivity (Wildman–Crippen MR) is 69.9 cm³/mol. The van der Waals surface area contributed by atoms with Crippen LogP contribution in [0.3, 0.4) is 0 Å². The summed E-state index contributed by atoms with van der Waals surface area (Å²) in [5.41, 5.74) is 1.80. The molecule has 1 aromatic carbocycles. The Labute approximate surface area is 111 Å². The van der Waals surface area contributed by atoms with Gasteiger partial charge in [0.1, 0.15) is 11.6 Å². The number of aromatic nitrogens is 3. The van der Waals surface area contributed by atoms with E-state index < -0.39 is 0 Å². The first-order valence-corrected chi connectivity index (χ1v) is 6.25. The molecule has 3 nitrogen and oxygen atoms in total. The second-order valence-corrected chi connectivity index (χ2v) is 4.69. The highest BCUT2D eigenvalue weighted by molar-refractivity contribution is 9.10. The molecule has 2 heterocycles. The molecule has 18 heavy (non-hydrogen) atoms. The molecule has 0 fully saturated rings. The molecule has 0 saturated carbocycles. The Morgan fingerprint density at radius 3 is 2.78 bits per heavy atom. The fourth-order valence-corrected chi connectivity index (χ4v) is 2.36. The van der Waals surface area contributed by atoms with Gasteiger partial charge in [-0.05, 0) is 39.7 Å². The Kier molecular flexibility index (Phi) is 2.83. The quantitative estimate of drug-likeness (QED) is 0.727. The molecule has 0 aliphatic rings. The summed E-state index contributed by atoms with van der Waals surface area (Å²) in [6.45, 7) is 0. The molecule has 0 N–H and O–H groups in total. The Balaban J connectivity index is 2.02. The fraction of sp³-hybridized carbons (Fsp3) is 0.0769. The van der Waals surface area contributed by atoms with Gasteiger partial charge in [-0.15, -0.1) is 0 Å². The molecule has 0 bridgehead atoms. The lowest BCUT2D eigenvalue weighted by atomic mass is 10.1. The smallest absolute Gasteiger partial charge is 0.171 e. The van der Waals surface area contributed by atoms with E-state index in [2.05, 4.69) is 25.9 Å². The lowest BCUT2D eigenvalue weighted by Gasteiger charge is -2.01. The van der Waals surface area contributed by atoms with Crippen molar-refractivity contribution in [3.05, 3.63) is 64.5 Å². The summed E-state index contributed by atoms with van der Waals surface area (Å²) in [6.07, 6.45) is 4.28. The van der Waals surface area contributed by atoms with Gasteiger partial charge in [0.05, 0.1) is 0 Å². The number of rotatable bonds is 2. The van der Waals surface area contributed by atoms with Crippen LogP contribution in [0.1, 0.15) is 11.4 Å². The van der Waals surface area contributed by atoms with Gasteiger partial charge in [0, 0.05) is 18.8 Å². The fourth-order valence-electron chi connectivity index (χ4n) is 1.86.